The van der Waals surface area contributed by atoms with Gasteiger partial charge in [0, 0.05) is 18.8 Å². The van der Waals surface area contributed by atoms with Crippen LogP contribution in [0, 0.1) is 6.92 Å². The highest BCUT2D eigenvalue weighted by molar-refractivity contribution is 7.89. The summed E-state index contributed by atoms with van der Waals surface area (Å²) in [6.07, 6.45) is 1.14. The average molecular weight is 310 g/mol. The molecule has 0 unspecified atom stereocenters. The van der Waals surface area contributed by atoms with Crippen LogP contribution in [0.15, 0.2) is 35.7 Å². The summed E-state index contributed by atoms with van der Waals surface area (Å²) < 4.78 is 31.7. The fraction of sp³-hybridized carbons (Fsp3) is 0.357. The van der Waals surface area contributed by atoms with E-state index in [1.54, 1.807) is 19.1 Å². The molecule has 0 bridgehead atoms. The van der Waals surface area contributed by atoms with Crippen molar-refractivity contribution in [2.45, 2.75) is 11.8 Å². The maximum atomic E-state index is 12.6. The van der Waals surface area contributed by atoms with Crippen molar-refractivity contribution in [1.29, 1.82) is 0 Å². The molecule has 0 aromatic heterocycles. The van der Waals surface area contributed by atoms with Gasteiger partial charge in [-0.25, -0.2) is 8.42 Å². The highest BCUT2D eigenvalue weighted by Crippen LogP contribution is 2.22. The summed E-state index contributed by atoms with van der Waals surface area (Å²) in [5, 5.41) is 2.58. The van der Waals surface area contributed by atoms with Crippen molar-refractivity contribution in [3.63, 3.8) is 0 Å². The minimum atomic E-state index is -3.57. The van der Waals surface area contributed by atoms with Crippen molar-refractivity contribution in [2.75, 3.05) is 31.6 Å². The van der Waals surface area contributed by atoms with Crippen LogP contribution in [0.3, 0.4) is 0 Å². The Balaban J connectivity index is 2.33. The number of morpholine rings is 1. The molecule has 0 saturated carbocycles. The van der Waals surface area contributed by atoms with Crippen molar-refractivity contribution < 1.29 is 17.9 Å². The first-order chi connectivity index (χ1) is 9.93. The number of carbonyl (C=O) groups is 1. The molecule has 1 aromatic rings. The van der Waals surface area contributed by atoms with E-state index in [0.29, 0.717) is 32.0 Å². The fourth-order valence-electron chi connectivity index (χ4n) is 2.10. The number of nitrogens with one attached hydrogen (secondary N) is 1. The molecule has 0 spiro atoms. The maximum absolute atomic E-state index is 12.6. The summed E-state index contributed by atoms with van der Waals surface area (Å²) >= 11 is 0. The first kappa shape index (κ1) is 15.7. The number of benzene rings is 1. The summed E-state index contributed by atoms with van der Waals surface area (Å²) in [4.78, 5) is 11.5. The van der Waals surface area contributed by atoms with Gasteiger partial charge in [0.25, 0.3) is 0 Å². The summed E-state index contributed by atoms with van der Waals surface area (Å²) in [5.41, 5.74) is 1.19. The van der Waals surface area contributed by atoms with E-state index in [9.17, 15) is 13.2 Å². The molecule has 0 radical (unpaired) electrons. The number of amides is 1. The second-order valence-corrected chi connectivity index (χ2v) is 6.68. The molecule has 1 amide bonds. The Bertz CT molecular complexity index is 649. The number of sulfonamides is 1. The standard InChI is InChI=1S/C14H18N2O4S/c1-3-14(17)15-12-8-11(2)9-13(10-12)21(18,19)16-4-6-20-7-5-16/h3,8-10H,1,4-7H2,2H3,(H,15,17). The van der Waals surface area contributed by atoms with Gasteiger partial charge in [-0.2, -0.15) is 4.31 Å². The van der Waals surface area contributed by atoms with Crippen molar-refractivity contribution in [3.05, 3.63) is 36.4 Å². The molecule has 6 nitrogen and oxygen atoms in total. The fourth-order valence-corrected chi connectivity index (χ4v) is 3.64. The quantitative estimate of drug-likeness (QED) is 0.846. The number of ether oxygens (including phenoxy) is 1. The van der Waals surface area contributed by atoms with E-state index in [0.717, 1.165) is 11.6 Å². The highest BCUT2D eigenvalue weighted by atomic mass is 32.2. The Hall–Kier alpha value is -1.70. The lowest BCUT2D eigenvalue weighted by atomic mass is 10.2. The van der Waals surface area contributed by atoms with Crippen LogP contribution in [0.5, 0.6) is 0 Å². The van der Waals surface area contributed by atoms with E-state index in [4.69, 9.17) is 4.74 Å². The van der Waals surface area contributed by atoms with Crippen LogP contribution in [0.25, 0.3) is 0 Å². The average Bonchev–Trinajstić information content (AvgIpc) is 2.47. The van der Waals surface area contributed by atoms with Gasteiger partial charge in [0.15, 0.2) is 0 Å². The predicted octanol–water partition coefficient (Wildman–Crippen LogP) is 1.14. The number of rotatable bonds is 4. The minimum Gasteiger partial charge on any atom is -0.379 e. The van der Waals surface area contributed by atoms with Crippen LogP contribution in [-0.4, -0.2) is 44.9 Å². The van der Waals surface area contributed by atoms with Gasteiger partial charge < -0.3 is 10.1 Å². The van der Waals surface area contributed by atoms with E-state index in [-0.39, 0.29) is 10.8 Å². The first-order valence-electron chi connectivity index (χ1n) is 6.56. The van der Waals surface area contributed by atoms with Crippen LogP contribution >= 0.6 is 0 Å². The topological polar surface area (TPSA) is 75.7 Å². The van der Waals surface area contributed by atoms with Gasteiger partial charge in [-0.3, -0.25) is 4.79 Å². The molecule has 1 aromatic carbocycles. The summed E-state index contributed by atoms with van der Waals surface area (Å²) in [6, 6.07) is 4.76. The van der Waals surface area contributed by atoms with Crippen LogP contribution in [0.4, 0.5) is 5.69 Å². The molecule has 114 valence electrons. The molecule has 0 aliphatic carbocycles. The number of hydrogen-bond acceptors (Lipinski definition) is 4. The Kier molecular flexibility index (Phi) is 4.76. The number of anilines is 1. The molecule has 1 heterocycles. The zero-order valence-electron chi connectivity index (χ0n) is 11.8. The Labute approximate surface area is 124 Å². The third-order valence-electron chi connectivity index (χ3n) is 3.11. The maximum Gasteiger partial charge on any atom is 0.247 e. The second kappa shape index (κ2) is 6.38. The highest BCUT2D eigenvalue weighted by Gasteiger charge is 2.26. The Morgan fingerprint density at radius 1 is 1.33 bits per heavy atom. The zero-order valence-corrected chi connectivity index (χ0v) is 12.6. The predicted molar refractivity (Wildman–Crippen MR) is 79.6 cm³/mol. The Morgan fingerprint density at radius 2 is 2.00 bits per heavy atom. The van der Waals surface area contributed by atoms with Crippen LogP contribution < -0.4 is 5.32 Å². The van der Waals surface area contributed by atoms with Gasteiger partial charge in [0.05, 0.1) is 18.1 Å². The molecule has 1 aliphatic heterocycles. The van der Waals surface area contributed by atoms with Crippen molar-refractivity contribution in [1.82, 2.24) is 4.31 Å². The monoisotopic (exact) mass is 310 g/mol. The number of carbonyl (C=O) groups excluding carboxylic acids is 1. The SMILES string of the molecule is C=CC(=O)Nc1cc(C)cc(S(=O)(=O)N2CCOCC2)c1. The van der Waals surface area contributed by atoms with E-state index >= 15 is 0 Å². The van der Waals surface area contributed by atoms with Gasteiger partial charge in [0.1, 0.15) is 0 Å². The normalized spacial score (nSPS) is 16.4. The van der Waals surface area contributed by atoms with Crippen molar-refractivity contribution in [3.8, 4) is 0 Å². The van der Waals surface area contributed by atoms with Crippen LogP contribution in [-0.2, 0) is 19.6 Å². The second-order valence-electron chi connectivity index (χ2n) is 4.74. The smallest absolute Gasteiger partial charge is 0.247 e. The van der Waals surface area contributed by atoms with Crippen molar-refractivity contribution >= 4 is 21.6 Å². The lowest BCUT2D eigenvalue weighted by molar-refractivity contribution is -0.111. The van der Waals surface area contributed by atoms with Crippen LogP contribution in [0.1, 0.15) is 5.56 Å². The molecule has 2 rings (SSSR count). The van der Waals surface area contributed by atoms with Gasteiger partial charge in [0.2, 0.25) is 15.9 Å². The van der Waals surface area contributed by atoms with Crippen LogP contribution in [0.2, 0.25) is 0 Å². The largest absolute Gasteiger partial charge is 0.379 e. The molecule has 0 atom stereocenters. The summed E-state index contributed by atoms with van der Waals surface area (Å²) in [7, 11) is -3.57. The minimum absolute atomic E-state index is 0.170. The lowest BCUT2D eigenvalue weighted by Gasteiger charge is -2.26. The number of aryl methyl sites for hydroxylation is 1. The molecular weight excluding hydrogens is 292 g/mol. The summed E-state index contributed by atoms with van der Waals surface area (Å²) in [6.45, 7) is 6.61. The summed E-state index contributed by atoms with van der Waals surface area (Å²) in [5.74, 6) is -0.379. The molecule has 21 heavy (non-hydrogen) atoms. The third-order valence-corrected chi connectivity index (χ3v) is 4.99. The number of nitrogens with zero attached hydrogens (tertiary/aromatic N) is 1. The van der Waals surface area contributed by atoms with Crippen molar-refractivity contribution in [2.24, 2.45) is 0 Å². The van der Waals surface area contributed by atoms with E-state index in [2.05, 4.69) is 11.9 Å². The molecule has 1 saturated heterocycles. The third kappa shape index (κ3) is 3.69. The molecule has 1 N–H and O–H groups in total. The van der Waals surface area contributed by atoms with E-state index in [1.165, 1.54) is 10.4 Å². The van der Waals surface area contributed by atoms with Gasteiger partial charge >= 0.3 is 0 Å². The van der Waals surface area contributed by atoms with E-state index < -0.39 is 10.0 Å². The Morgan fingerprint density at radius 3 is 2.62 bits per heavy atom. The number of hydrogen-bond donors (Lipinski definition) is 1. The first-order valence-corrected chi connectivity index (χ1v) is 8.00. The van der Waals surface area contributed by atoms with E-state index in [1.807, 2.05) is 0 Å². The molecule has 1 aliphatic rings. The molecule has 7 heteroatoms. The zero-order chi connectivity index (χ0) is 15.5. The lowest BCUT2D eigenvalue weighted by Crippen LogP contribution is -2.40. The molecule has 1 fully saturated rings. The molecular formula is C14H18N2O4S. The van der Waals surface area contributed by atoms with Gasteiger partial charge in [-0.15, -0.1) is 0 Å². The van der Waals surface area contributed by atoms with Gasteiger partial charge in [-0.05, 0) is 36.8 Å². The van der Waals surface area contributed by atoms with Gasteiger partial charge in [-0.1, -0.05) is 6.58 Å².